The van der Waals surface area contributed by atoms with Crippen LogP contribution < -0.4 is 10.1 Å². The number of carbonyl (C=O) groups is 1. The Labute approximate surface area is 164 Å². The van der Waals surface area contributed by atoms with Crippen molar-refractivity contribution in [3.8, 4) is 17.1 Å². The van der Waals surface area contributed by atoms with Gasteiger partial charge < -0.3 is 14.6 Å². The summed E-state index contributed by atoms with van der Waals surface area (Å²) < 4.78 is 10.5. The monoisotopic (exact) mass is 379 g/mol. The molecule has 28 heavy (non-hydrogen) atoms. The van der Waals surface area contributed by atoms with Crippen molar-refractivity contribution in [2.45, 2.75) is 39.0 Å². The summed E-state index contributed by atoms with van der Waals surface area (Å²) in [5.74, 6) is 1.56. The van der Waals surface area contributed by atoms with Crippen molar-refractivity contribution in [1.29, 1.82) is 0 Å². The quantitative estimate of drug-likeness (QED) is 0.585. The molecule has 1 N–H and O–H groups in total. The number of ether oxygens (including phenoxy) is 1. The molecule has 1 heterocycles. The summed E-state index contributed by atoms with van der Waals surface area (Å²) in [5.41, 5.74) is 2.89. The predicted molar refractivity (Wildman–Crippen MR) is 108 cm³/mol. The maximum atomic E-state index is 12.2. The Hall–Kier alpha value is -3.15. The van der Waals surface area contributed by atoms with Gasteiger partial charge in [0.2, 0.25) is 17.6 Å². The molecule has 0 bridgehead atoms. The van der Waals surface area contributed by atoms with Crippen LogP contribution in [0.2, 0.25) is 0 Å². The van der Waals surface area contributed by atoms with Crippen LogP contribution in [0.25, 0.3) is 11.4 Å². The van der Waals surface area contributed by atoms with Gasteiger partial charge in [0.05, 0.1) is 7.11 Å². The third kappa shape index (κ3) is 5.42. The zero-order chi connectivity index (χ0) is 19.8. The van der Waals surface area contributed by atoms with E-state index < -0.39 is 0 Å². The second-order valence-corrected chi connectivity index (χ2v) is 6.59. The first-order valence-electron chi connectivity index (χ1n) is 9.53. The van der Waals surface area contributed by atoms with Gasteiger partial charge in [-0.1, -0.05) is 42.8 Å². The third-order valence-electron chi connectivity index (χ3n) is 4.42. The molecule has 0 aliphatic rings. The van der Waals surface area contributed by atoms with Crippen LogP contribution in [-0.2, 0) is 17.6 Å². The van der Waals surface area contributed by atoms with E-state index in [-0.39, 0.29) is 12.3 Å². The summed E-state index contributed by atoms with van der Waals surface area (Å²) in [4.78, 5) is 16.5. The van der Waals surface area contributed by atoms with Gasteiger partial charge in [-0.3, -0.25) is 4.79 Å². The number of methoxy groups -OCH3 is 1. The van der Waals surface area contributed by atoms with Gasteiger partial charge in [0.25, 0.3) is 0 Å². The smallest absolute Gasteiger partial charge is 0.227 e. The number of amides is 1. The number of nitrogens with zero attached hydrogens (tertiary/aromatic N) is 2. The Balaban J connectivity index is 1.51. The highest BCUT2D eigenvalue weighted by Crippen LogP contribution is 2.21. The molecule has 1 aromatic heterocycles. The average Bonchev–Trinajstić information content (AvgIpc) is 3.21. The fourth-order valence-corrected chi connectivity index (χ4v) is 2.82. The zero-order valence-corrected chi connectivity index (χ0v) is 16.3. The van der Waals surface area contributed by atoms with Gasteiger partial charge in [-0.05, 0) is 42.7 Å². The van der Waals surface area contributed by atoms with Crippen LogP contribution in [0.15, 0.2) is 53.1 Å². The number of nitrogens with one attached hydrogen (secondary N) is 1. The number of hydrogen-bond donors (Lipinski definition) is 1. The summed E-state index contributed by atoms with van der Waals surface area (Å²) >= 11 is 0. The highest BCUT2D eigenvalue weighted by atomic mass is 16.5. The summed E-state index contributed by atoms with van der Waals surface area (Å²) in [6, 6.07) is 15.4. The minimum absolute atomic E-state index is 0.0811. The van der Waals surface area contributed by atoms with Crippen molar-refractivity contribution >= 4 is 11.6 Å². The van der Waals surface area contributed by atoms with Crippen LogP contribution in [0.5, 0.6) is 5.75 Å². The maximum absolute atomic E-state index is 12.2. The van der Waals surface area contributed by atoms with Crippen LogP contribution in [0, 0.1) is 0 Å². The van der Waals surface area contributed by atoms with E-state index >= 15 is 0 Å². The molecule has 3 aromatic rings. The van der Waals surface area contributed by atoms with Crippen LogP contribution in [-0.4, -0.2) is 23.2 Å². The van der Waals surface area contributed by atoms with Crippen molar-refractivity contribution in [1.82, 2.24) is 10.1 Å². The number of carbonyl (C=O) groups excluding carboxylic acids is 1. The molecule has 3 rings (SSSR count). The van der Waals surface area contributed by atoms with Crippen molar-refractivity contribution in [2.24, 2.45) is 0 Å². The first-order valence-corrected chi connectivity index (χ1v) is 9.53. The van der Waals surface area contributed by atoms with E-state index in [1.54, 1.807) is 7.11 Å². The van der Waals surface area contributed by atoms with Gasteiger partial charge in [0.1, 0.15) is 5.75 Å². The third-order valence-corrected chi connectivity index (χ3v) is 4.42. The molecular formula is C22H25N3O3. The Morgan fingerprint density at radius 3 is 2.71 bits per heavy atom. The van der Waals surface area contributed by atoms with E-state index in [4.69, 9.17) is 9.26 Å². The molecule has 0 aliphatic heterocycles. The summed E-state index contributed by atoms with van der Waals surface area (Å²) in [6.45, 7) is 2.18. The molecule has 1 amide bonds. The summed E-state index contributed by atoms with van der Waals surface area (Å²) in [7, 11) is 1.61. The van der Waals surface area contributed by atoms with Gasteiger partial charge in [0, 0.05) is 24.1 Å². The topological polar surface area (TPSA) is 77.2 Å². The molecular weight excluding hydrogens is 354 g/mol. The normalized spacial score (nSPS) is 10.6. The number of anilines is 1. The predicted octanol–water partition coefficient (Wildman–Crippen LogP) is 4.66. The fourth-order valence-electron chi connectivity index (χ4n) is 2.82. The van der Waals surface area contributed by atoms with Gasteiger partial charge in [-0.15, -0.1) is 0 Å². The Bertz CT molecular complexity index is 903. The number of hydrogen-bond acceptors (Lipinski definition) is 5. The maximum Gasteiger partial charge on any atom is 0.227 e. The Kier molecular flexibility index (Phi) is 6.78. The lowest BCUT2D eigenvalue weighted by molar-refractivity contribution is -0.116. The van der Waals surface area contributed by atoms with Gasteiger partial charge in [-0.2, -0.15) is 4.98 Å². The zero-order valence-electron chi connectivity index (χ0n) is 16.3. The molecule has 146 valence electrons. The molecule has 6 heteroatoms. The SMILES string of the molecule is CCCCc1ccc(NC(=O)CCc2nc(-c3cccc(OC)c3)no2)cc1. The number of unbranched alkanes of at least 4 members (excludes halogenated alkanes) is 1. The van der Waals surface area contributed by atoms with E-state index in [9.17, 15) is 4.79 Å². The first kappa shape index (κ1) is 19.6. The second-order valence-electron chi connectivity index (χ2n) is 6.59. The minimum atomic E-state index is -0.0811. The molecule has 0 saturated carbocycles. The number of benzene rings is 2. The summed E-state index contributed by atoms with van der Waals surface area (Å²) in [6.07, 6.45) is 4.08. The van der Waals surface area contributed by atoms with Crippen LogP contribution in [0.1, 0.15) is 37.6 Å². The number of rotatable bonds is 9. The Morgan fingerprint density at radius 2 is 1.96 bits per heavy atom. The minimum Gasteiger partial charge on any atom is -0.497 e. The van der Waals surface area contributed by atoms with Crippen LogP contribution in [0.3, 0.4) is 0 Å². The lowest BCUT2D eigenvalue weighted by Gasteiger charge is -2.06. The average molecular weight is 379 g/mol. The van der Waals surface area contributed by atoms with Crippen molar-refractivity contribution in [3.63, 3.8) is 0 Å². The van der Waals surface area contributed by atoms with E-state index in [1.165, 1.54) is 18.4 Å². The van der Waals surface area contributed by atoms with Crippen molar-refractivity contribution in [2.75, 3.05) is 12.4 Å². The van der Waals surface area contributed by atoms with Gasteiger partial charge in [0.15, 0.2) is 0 Å². The standard InChI is InChI=1S/C22H25N3O3/c1-3-4-6-16-9-11-18(12-10-16)23-20(26)13-14-21-24-22(25-28-21)17-7-5-8-19(15-17)27-2/h5,7-12,15H,3-4,6,13-14H2,1-2H3,(H,23,26). The van der Waals surface area contributed by atoms with Gasteiger partial charge >= 0.3 is 0 Å². The van der Waals surface area contributed by atoms with Crippen molar-refractivity contribution in [3.05, 3.63) is 60.0 Å². The van der Waals surface area contributed by atoms with E-state index in [0.29, 0.717) is 18.1 Å². The molecule has 0 unspecified atom stereocenters. The molecule has 0 atom stereocenters. The molecule has 2 aromatic carbocycles. The van der Waals surface area contributed by atoms with Gasteiger partial charge in [-0.25, -0.2) is 0 Å². The fraction of sp³-hybridized carbons (Fsp3) is 0.318. The molecule has 0 spiro atoms. The number of aromatic nitrogens is 2. The second kappa shape index (κ2) is 9.69. The molecule has 0 fully saturated rings. The highest BCUT2D eigenvalue weighted by Gasteiger charge is 2.11. The van der Waals surface area contributed by atoms with Crippen molar-refractivity contribution < 1.29 is 14.1 Å². The first-order chi connectivity index (χ1) is 13.7. The van der Waals surface area contributed by atoms with E-state index in [2.05, 4.69) is 34.5 Å². The molecule has 6 nitrogen and oxygen atoms in total. The lowest BCUT2D eigenvalue weighted by atomic mass is 10.1. The molecule has 0 radical (unpaired) electrons. The molecule has 0 aliphatic carbocycles. The van der Waals surface area contributed by atoms with E-state index in [1.807, 2.05) is 36.4 Å². The van der Waals surface area contributed by atoms with E-state index in [0.717, 1.165) is 23.4 Å². The van der Waals surface area contributed by atoms with Crippen LogP contribution >= 0.6 is 0 Å². The number of aryl methyl sites for hydroxylation is 2. The lowest BCUT2D eigenvalue weighted by Crippen LogP contribution is -2.12. The Morgan fingerprint density at radius 1 is 1.14 bits per heavy atom. The molecule has 0 saturated heterocycles. The van der Waals surface area contributed by atoms with Crippen LogP contribution in [0.4, 0.5) is 5.69 Å². The largest absolute Gasteiger partial charge is 0.497 e. The highest BCUT2D eigenvalue weighted by molar-refractivity contribution is 5.90. The summed E-state index contributed by atoms with van der Waals surface area (Å²) in [5, 5.41) is 6.89.